The van der Waals surface area contributed by atoms with Gasteiger partial charge in [0.05, 0.1) is 20.0 Å². The number of hydrogen-bond acceptors (Lipinski definition) is 5. The molecule has 2 aromatic rings. The Morgan fingerprint density at radius 2 is 2.00 bits per heavy atom. The number of anilines is 1. The van der Waals surface area contributed by atoms with E-state index in [0.717, 1.165) is 5.56 Å². The standard InChI is InChI=1S/C20H21FN2O4S/c1-26-16-7-6-13(10-17(16)27-2)20-23(19(25)12-28-20)9-8-18(24)22-15-5-3-4-14(21)11-15/h3-7,10-11,20H,8-9,12H2,1-2H3,(H,22,24). The highest BCUT2D eigenvalue weighted by atomic mass is 32.2. The van der Waals surface area contributed by atoms with Gasteiger partial charge in [-0.2, -0.15) is 0 Å². The number of benzene rings is 2. The first-order chi connectivity index (χ1) is 13.5. The van der Waals surface area contributed by atoms with Crippen molar-refractivity contribution in [1.29, 1.82) is 0 Å². The molecule has 6 nitrogen and oxygen atoms in total. The lowest BCUT2D eigenvalue weighted by molar-refractivity contribution is -0.128. The predicted octanol–water partition coefficient (Wildman–Crippen LogP) is 3.45. The Morgan fingerprint density at radius 1 is 1.21 bits per heavy atom. The monoisotopic (exact) mass is 404 g/mol. The Balaban J connectivity index is 1.66. The zero-order valence-corrected chi connectivity index (χ0v) is 16.4. The lowest BCUT2D eigenvalue weighted by Gasteiger charge is -2.24. The molecule has 148 valence electrons. The summed E-state index contributed by atoms with van der Waals surface area (Å²) in [6.45, 7) is 0.270. The zero-order valence-electron chi connectivity index (χ0n) is 15.6. The van der Waals surface area contributed by atoms with E-state index in [9.17, 15) is 14.0 Å². The number of ether oxygens (including phenoxy) is 2. The normalized spacial score (nSPS) is 16.2. The van der Waals surface area contributed by atoms with Gasteiger partial charge in [0.2, 0.25) is 11.8 Å². The van der Waals surface area contributed by atoms with Gasteiger partial charge >= 0.3 is 0 Å². The van der Waals surface area contributed by atoms with Crippen molar-refractivity contribution in [3.63, 3.8) is 0 Å². The second-order valence-corrected chi connectivity index (χ2v) is 7.24. The molecule has 1 aliphatic rings. The summed E-state index contributed by atoms with van der Waals surface area (Å²) in [6.07, 6.45) is 0.118. The van der Waals surface area contributed by atoms with Crippen molar-refractivity contribution >= 4 is 29.3 Å². The number of amides is 2. The Labute approximate surface area is 167 Å². The molecule has 28 heavy (non-hydrogen) atoms. The minimum atomic E-state index is -0.419. The second kappa shape index (κ2) is 8.97. The molecule has 2 amide bonds. The fourth-order valence-electron chi connectivity index (χ4n) is 2.99. The molecule has 1 atom stereocenters. The van der Waals surface area contributed by atoms with E-state index < -0.39 is 5.82 Å². The quantitative estimate of drug-likeness (QED) is 0.766. The van der Waals surface area contributed by atoms with Crippen molar-refractivity contribution in [3.05, 3.63) is 53.8 Å². The zero-order chi connectivity index (χ0) is 20.1. The van der Waals surface area contributed by atoms with E-state index in [0.29, 0.717) is 22.9 Å². The van der Waals surface area contributed by atoms with E-state index in [1.165, 1.54) is 30.0 Å². The van der Waals surface area contributed by atoms with Crippen LogP contribution in [0.15, 0.2) is 42.5 Å². The average Bonchev–Trinajstić information content (AvgIpc) is 3.06. The number of carbonyl (C=O) groups is 2. The molecule has 0 bridgehead atoms. The van der Waals surface area contributed by atoms with Crippen LogP contribution in [-0.2, 0) is 9.59 Å². The number of thioether (sulfide) groups is 1. The summed E-state index contributed by atoms with van der Waals surface area (Å²) < 4.78 is 23.8. The summed E-state index contributed by atoms with van der Waals surface area (Å²) in [4.78, 5) is 26.2. The SMILES string of the molecule is COc1ccc(C2SCC(=O)N2CCC(=O)Nc2cccc(F)c2)cc1OC. The fourth-order valence-corrected chi connectivity index (χ4v) is 4.20. The van der Waals surface area contributed by atoms with Gasteiger partial charge in [0.25, 0.3) is 0 Å². The lowest BCUT2D eigenvalue weighted by atomic mass is 10.1. The number of hydrogen-bond donors (Lipinski definition) is 1. The maximum Gasteiger partial charge on any atom is 0.233 e. The summed E-state index contributed by atoms with van der Waals surface area (Å²) in [7, 11) is 3.12. The summed E-state index contributed by atoms with van der Waals surface area (Å²) in [5.74, 6) is 0.831. The minimum Gasteiger partial charge on any atom is -0.493 e. The first kappa shape index (κ1) is 20.0. The average molecular weight is 404 g/mol. The van der Waals surface area contributed by atoms with Crippen LogP contribution in [0.3, 0.4) is 0 Å². The maximum atomic E-state index is 13.2. The molecule has 0 radical (unpaired) electrons. The Morgan fingerprint density at radius 3 is 2.71 bits per heavy atom. The van der Waals surface area contributed by atoms with Crippen LogP contribution in [0, 0.1) is 5.82 Å². The molecule has 1 saturated heterocycles. The summed E-state index contributed by atoms with van der Waals surface area (Å²) in [5.41, 5.74) is 1.29. The van der Waals surface area contributed by atoms with Gasteiger partial charge in [-0.15, -0.1) is 11.8 Å². The van der Waals surface area contributed by atoms with E-state index in [1.807, 2.05) is 12.1 Å². The van der Waals surface area contributed by atoms with E-state index in [-0.39, 0.29) is 30.2 Å². The molecule has 0 aliphatic carbocycles. The number of halogens is 1. The molecule has 1 fully saturated rings. The molecule has 1 N–H and O–H groups in total. The van der Waals surface area contributed by atoms with E-state index >= 15 is 0 Å². The van der Waals surface area contributed by atoms with Crippen molar-refractivity contribution in [2.75, 3.05) is 31.8 Å². The predicted molar refractivity (Wildman–Crippen MR) is 106 cm³/mol. The summed E-state index contributed by atoms with van der Waals surface area (Å²) >= 11 is 1.50. The molecule has 3 rings (SSSR count). The topological polar surface area (TPSA) is 67.9 Å². The van der Waals surface area contributed by atoms with Crippen LogP contribution >= 0.6 is 11.8 Å². The second-order valence-electron chi connectivity index (χ2n) is 6.17. The molecular weight excluding hydrogens is 383 g/mol. The molecule has 1 aliphatic heterocycles. The Bertz CT molecular complexity index is 877. The van der Waals surface area contributed by atoms with Crippen molar-refractivity contribution in [3.8, 4) is 11.5 Å². The number of carbonyl (C=O) groups excluding carboxylic acids is 2. The van der Waals surface area contributed by atoms with Crippen molar-refractivity contribution < 1.29 is 23.5 Å². The Kier molecular flexibility index (Phi) is 6.41. The van der Waals surface area contributed by atoms with Crippen LogP contribution in [0.25, 0.3) is 0 Å². The van der Waals surface area contributed by atoms with Gasteiger partial charge in [-0.3, -0.25) is 9.59 Å². The van der Waals surface area contributed by atoms with Crippen LogP contribution < -0.4 is 14.8 Å². The van der Waals surface area contributed by atoms with Crippen molar-refractivity contribution in [2.24, 2.45) is 0 Å². The van der Waals surface area contributed by atoms with Gasteiger partial charge < -0.3 is 19.7 Å². The van der Waals surface area contributed by atoms with Gasteiger partial charge in [0.15, 0.2) is 11.5 Å². The van der Waals surface area contributed by atoms with E-state index in [2.05, 4.69) is 5.32 Å². The minimum absolute atomic E-state index is 0.0247. The highest BCUT2D eigenvalue weighted by Crippen LogP contribution is 2.41. The third kappa shape index (κ3) is 4.56. The molecule has 0 spiro atoms. The van der Waals surface area contributed by atoms with Gasteiger partial charge in [0.1, 0.15) is 11.2 Å². The highest BCUT2D eigenvalue weighted by molar-refractivity contribution is 8.00. The van der Waals surface area contributed by atoms with Crippen LogP contribution in [0.4, 0.5) is 10.1 Å². The van der Waals surface area contributed by atoms with Crippen LogP contribution in [-0.4, -0.2) is 43.2 Å². The first-order valence-corrected chi connectivity index (χ1v) is 9.75. The summed E-state index contributed by atoms with van der Waals surface area (Å²) in [5, 5.41) is 2.45. The number of nitrogens with one attached hydrogen (secondary N) is 1. The van der Waals surface area contributed by atoms with Crippen LogP contribution in [0.5, 0.6) is 11.5 Å². The van der Waals surface area contributed by atoms with Crippen molar-refractivity contribution in [2.45, 2.75) is 11.8 Å². The first-order valence-electron chi connectivity index (χ1n) is 8.70. The molecule has 2 aromatic carbocycles. The van der Waals surface area contributed by atoms with Crippen LogP contribution in [0.2, 0.25) is 0 Å². The number of rotatable bonds is 7. The number of methoxy groups -OCH3 is 2. The number of nitrogens with zero attached hydrogens (tertiary/aromatic N) is 1. The largest absolute Gasteiger partial charge is 0.493 e. The van der Waals surface area contributed by atoms with Gasteiger partial charge in [-0.1, -0.05) is 12.1 Å². The molecular formula is C20H21FN2O4S. The molecule has 1 heterocycles. The smallest absolute Gasteiger partial charge is 0.233 e. The van der Waals surface area contributed by atoms with Crippen LogP contribution in [0.1, 0.15) is 17.4 Å². The van der Waals surface area contributed by atoms with Gasteiger partial charge in [-0.25, -0.2) is 4.39 Å². The lowest BCUT2D eigenvalue weighted by Crippen LogP contribution is -2.31. The molecule has 1 unspecified atom stereocenters. The summed E-state index contributed by atoms with van der Waals surface area (Å²) in [6, 6.07) is 11.2. The maximum absolute atomic E-state index is 13.2. The molecule has 0 aromatic heterocycles. The molecule has 0 saturated carbocycles. The van der Waals surface area contributed by atoms with Gasteiger partial charge in [0, 0.05) is 18.7 Å². The molecule has 8 heteroatoms. The fraction of sp³-hybridized carbons (Fsp3) is 0.300. The van der Waals surface area contributed by atoms with E-state index in [4.69, 9.17) is 9.47 Å². The highest BCUT2D eigenvalue weighted by Gasteiger charge is 2.33. The van der Waals surface area contributed by atoms with Crippen molar-refractivity contribution in [1.82, 2.24) is 4.90 Å². The third-order valence-electron chi connectivity index (χ3n) is 4.35. The Hall–Kier alpha value is -2.74. The van der Waals surface area contributed by atoms with Gasteiger partial charge in [-0.05, 0) is 35.9 Å². The third-order valence-corrected chi connectivity index (χ3v) is 5.60. The van der Waals surface area contributed by atoms with E-state index in [1.54, 1.807) is 31.3 Å².